The Hall–Kier alpha value is -3.31. The van der Waals surface area contributed by atoms with E-state index < -0.39 is 24.9 Å². The van der Waals surface area contributed by atoms with Crippen LogP contribution in [-0.4, -0.2) is 49.2 Å². The van der Waals surface area contributed by atoms with Gasteiger partial charge >= 0.3 is 13.7 Å². The Labute approximate surface area is 212 Å². The summed E-state index contributed by atoms with van der Waals surface area (Å²) in [6, 6.07) is 10.8. The number of benzene rings is 2. The highest BCUT2D eigenvalue weighted by atomic mass is 19.3. The summed E-state index contributed by atoms with van der Waals surface area (Å²) in [4.78, 5) is 5.00. The average Bonchev–Trinajstić information content (AvgIpc) is 3.50. The van der Waals surface area contributed by atoms with Crippen LogP contribution in [0.25, 0.3) is 22.4 Å². The molecule has 4 aromatic rings. The van der Waals surface area contributed by atoms with Crippen LogP contribution in [0.4, 0.5) is 8.78 Å². The third-order valence-electron chi connectivity index (χ3n) is 8.36. The van der Waals surface area contributed by atoms with Gasteiger partial charge in [-0.2, -0.15) is 8.78 Å². The first-order chi connectivity index (χ1) is 17.6. The summed E-state index contributed by atoms with van der Waals surface area (Å²) in [5, 5.41) is 8.74. The number of nitrogens with zero attached hydrogens (tertiary/aromatic N) is 5. The molecule has 2 atom stereocenters. The fourth-order valence-corrected chi connectivity index (χ4v) is 5.91. The van der Waals surface area contributed by atoms with E-state index in [1.807, 2.05) is 58.9 Å². The first-order valence-corrected chi connectivity index (χ1v) is 12.4. The number of aromatic nitrogens is 5. The summed E-state index contributed by atoms with van der Waals surface area (Å²) in [5.74, 6) is 2.36. The van der Waals surface area contributed by atoms with Crippen molar-refractivity contribution in [3.63, 3.8) is 0 Å². The van der Waals surface area contributed by atoms with Crippen molar-refractivity contribution in [1.29, 1.82) is 0 Å². The van der Waals surface area contributed by atoms with Crippen LogP contribution in [0.15, 0.2) is 36.4 Å². The second kappa shape index (κ2) is 7.38. The van der Waals surface area contributed by atoms with Gasteiger partial charge in [0, 0.05) is 17.5 Å². The number of alkyl halides is 2. The second-order valence-electron chi connectivity index (χ2n) is 11.0. The third-order valence-corrected chi connectivity index (χ3v) is 8.36. The van der Waals surface area contributed by atoms with E-state index in [2.05, 4.69) is 19.3 Å². The Morgan fingerprint density at radius 3 is 2.51 bits per heavy atom. The van der Waals surface area contributed by atoms with Gasteiger partial charge in [0.15, 0.2) is 5.82 Å². The number of imidazole rings is 1. The average molecular weight is 505 g/mol. The molecule has 0 saturated carbocycles. The number of hydrogen-bond donors (Lipinski definition) is 0. The highest BCUT2D eigenvalue weighted by molar-refractivity contribution is 6.62. The van der Waals surface area contributed by atoms with Crippen molar-refractivity contribution in [3.8, 4) is 17.1 Å². The Morgan fingerprint density at radius 2 is 1.78 bits per heavy atom. The SMILES string of the molecule is Cc1nnc2n1[C@@H]1C[C@H](c3c(OC(F)F)cccc3-2)n2c1nc1ccc(B3OC(C)(C)C(C)(C)O3)cc12. The zero-order chi connectivity index (χ0) is 25.9. The molecule has 3 aliphatic heterocycles. The van der Waals surface area contributed by atoms with Gasteiger partial charge in [-0.05, 0) is 58.3 Å². The van der Waals surface area contributed by atoms with Crippen molar-refractivity contribution >= 4 is 23.6 Å². The molecule has 2 bridgehead atoms. The maximum Gasteiger partial charge on any atom is 0.494 e. The number of aryl methyl sites for hydroxylation is 1. The first kappa shape index (κ1) is 22.9. The van der Waals surface area contributed by atoms with Gasteiger partial charge in [-0.3, -0.25) is 0 Å². The molecule has 8 nitrogen and oxygen atoms in total. The fraction of sp³-hybridized carbons (Fsp3) is 0.423. The largest absolute Gasteiger partial charge is 0.494 e. The number of rotatable bonds is 3. The number of fused-ring (bicyclic) bond motifs is 6. The summed E-state index contributed by atoms with van der Waals surface area (Å²) < 4.78 is 48.8. The number of halogens is 2. The molecule has 0 radical (unpaired) electrons. The van der Waals surface area contributed by atoms with E-state index in [1.54, 1.807) is 12.1 Å². The molecule has 7 rings (SSSR count). The monoisotopic (exact) mass is 505 g/mol. The lowest BCUT2D eigenvalue weighted by molar-refractivity contribution is -0.0506. The van der Waals surface area contributed by atoms with Gasteiger partial charge in [0.25, 0.3) is 0 Å². The zero-order valence-corrected chi connectivity index (χ0v) is 21.2. The second-order valence-corrected chi connectivity index (χ2v) is 11.0. The molecular weight excluding hydrogens is 479 g/mol. The Balaban J connectivity index is 1.45. The fourth-order valence-electron chi connectivity index (χ4n) is 5.91. The topological polar surface area (TPSA) is 76.2 Å². The molecule has 37 heavy (non-hydrogen) atoms. The number of ether oxygens (including phenoxy) is 1. The third kappa shape index (κ3) is 3.10. The van der Waals surface area contributed by atoms with Crippen LogP contribution in [0.3, 0.4) is 0 Å². The molecule has 2 aromatic carbocycles. The van der Waals surface area contributed by atoms with Crippen LogP contribution in [0.5, 0.6) is 5.75 Å². The van der Waals surface area contributed by atoms with Crippen LogP contribution >= 0.6 is 0 Å². The minimum Gasteiger partial charge on any atom is -0.434 e. The van der Waals surface area contributed by atoms with Crippen molar-refractivity contribution < 1.29 is 22.8 Å². The van der Waals surface area contributed by atoms with E-state index in [4.69, 9.17) is 19.0 Å². The number of hydrogen-bond acceptors (Lipinski definition) is 6. The lowest BCUT2D eigenvalue weighted by atomic mass is 9.79. The molecule has 0 aliphatic carbocycles. The predicted molar refractivity (Wildman–Crippen MR) is 133 cm³/mol. The van der Waals surface area contributed by atoms with Crippen molar-refractivity contribution in [2.24, 2.45) is 0 Å². The van der Waals surface area contributed by atoms with Crippen molar-refractivity contribution in [2.45, 2.75) is 70.9 Å². The zero-order valence-electron chi connectivity index (χ0n) is 21.2. The highest BCUT2D eigenvalue weighted by Crippen LogP contribution is 2.52. The van der Waals surface area contributed by atoms with Gasteiger partial charge in [0.05, 0.1) is 34.3 Å². The molecule has 1 fully saturated rings. The van der Waals surface area contributed by atoms with Crippen molar-refractivity contribution in [1.82, 2.24) is 24.3 Å². The molecule has 11 heteroatoms. The van der Waals surface area contributed by atoms with Gasteiger partial charge in [0.2, 0.25) is 0 Å². The maximum atomic E-state index is 13.5. The Bertz CT molecular complexity index is 1560. The minimum absolute atomic E-state index is 0.141. The molecule has 3 aliphatic rings. The van der Waals surface area contributed by atoms with Crippen molar-refractivity contribution in [2.75, 3.05) is 0 Å². The maximum absolute atomic E-state index is 13.5. The smallest absolute Gasteiger partial charge is 0.434 e. The summed E-state index contributed by atoms with van der Waals surface area (Å²) in [6.45, 7) is 7.05. The summed E-state index contributed by atoms with van der Waals surface area (Å²) in [7, 11) is -0.527. The molecule has 2 aromatic heterocycles. The van der Waals surface area contributed by atoms with E-state index in [1.165, 1.54) is 0 Å². The molecule has 1 saturated heterocycles. The lowest BCUT2D eigenvalue weighted by Gasteiger charge is -2.32. The molecular formula is C26H26BF2N5O3. The van der Waals surface area contributed by atoms with E-state index in [9.17, 15) is 8.78 Å². The standard InChI is InChI=1S/C26H26BF2N5O3/c1-13-31-32-22-15-7-6-8-20(35-24(28)29)21(15)18-12-19(33(13)22)23-30-16-10-9-14(11-17(16)34(18)23)27-36-25(2,3)26(4,5)37-27/h6-11,18-19,24H,12H2,1-5H3/t18-,19-/m1/s1. The van der Waals surface area contributed by atoms with Gasteiger partial charge < -0.3 is 23.2 Å². The van der Waals surface area contributed by atoms with E-state index in [-0.39, 0.29) is 17.8 Å². The summed E-state index contributed by atoms with van der Waals surface area (Å²) in [6.07, 6.45) is 0.626. The summed E-state index contributed by atoms with van der Waals surface area (Å²) >= 11 is 0. The van der Waals surface area contributed by atoms with Crippen LogP contribution < -0.4 is 10.2 Å². The molecule has 0 amide bonds. The van der Waals surface area contributed by atoms with E-state index in [0.717, 1.165) is 33.7 Å². The molecule has 190 valence electrons. The Kier molecular flexibility index (Phi) is 4.56. The first-order valence-electron chi connectivity index (χ1n) is 12.4. The van der Waals surface area contributed by atoms with Crippen LogP contribution in [0.2, 0.25) is 0 Å². The summed E-state index contributed by atoms with van der Waals surface area (Å²) in [5.41, 5.74) is 3.05. The normalized spacial score (nSPS) is 22.8. The predicted octanol–water partition coefficient (Wildman–Crippen LogP) is 4.40. The minimum atomic E-state index is -2.94. The van der Waals surface area contributed by atoms with Crippen LogP contribution in [0, 0.1) is 6.92 Å². The molecule has 0 spiro atoms. The van der Waals surface area contributed by atoms with Gasteiger partial charge in [-0.25, -0.2) is 4.98 Å². The lowest BCUT2D eigenvalue weighted by Crippen LogP contribution is -2.41. The van der Waals surface area contributed by atoms with Gasteiger partial charge in [-0.15, -0.1) is 10.2 Å². The van der Waals surface area contributed by atoms with Crippen molar-refractivity contribution in [3.05, 3.63) is 53.6 Å². The van der Waals surface area contributed by atoms with E-state index in [0.29, 0.717) is 17.8 Å². The quantitative estimate of drug-likeness (QED) is 0.385. The van der Waals surface area contributed by atoms with Gasteiger partial charge in [0.1, 0.15) is 17.4 Å². The van der Waals surface area contributed by atoms with E-state index >= 15 is 0 Å². The highest BCUT2D eigenvalue weighted by Gasteiger charge is 2.52. The molecule has 0 N–H and O–H groups in total. The van der Waals surface area contributed by atoms with Crippen LogP contribution in [-0.2, 0) is 9.31 Å². The van der Waals surface area contributed by atoms with Crippen LogP contribution in [0.1, 0.15) is 63.4 Å². The molecule has 5 heterocycles. The molecule has 0 unspecified atom stereocenters. The van der Waals surface area contributed by atoms with Gasteiger partial charge in [-0.1, -0.05) is 18.2 Å². The Morgan fingerprint density at radius 1 is 1.03 bits per heavy atom.